The number of hydrogen-bond acceptors (Lipinski definition) is 4. The number of likely N-dealkylation sites (N-methyl/N-ethyl adjacent to an activating group) is 1. The van der Waals surface area contributed by atoms with Gasteiger partial charge in [-0.15, -0.1) is 11.3 Å². The van der Waals surface area contributed by atoms with Gasteiger partial charge in [0.1, 0.15) is 10.7 Å². The first-order valence-corrected chi connectivity index (χ1v) is 8.21. The summed E-state index contributed by atoms with van der Waals surface area (Å²) in [4.78, 5) is 30.0. The lowest BCUT2D eigenvalue weighted by atomic mass is 10.1. The molecule has 1 aromatic heterocycles. The summed E-state index contributed by atoms with van der Waals surface area (Å²) in [5.41, 5.74) is 1.02. The summed E-state index contributed by atoms with van der Waals surface area (Å²) in [7, 11) is 1.60. The van der Waals surface area contributed by atoms with Crippen LogP contribution in [0.25, 0.3) is 10.6 Å². The first kappa shape index (κ1) is 17.1. The van der Waals surface area contributed by atoms with Gasteiger partial charge in [0.05, 0.1) is 6.54 Å². The zero-order chi connectivity index (χ0) is 17.0. The number of nitrogens with zero attached hydrogens (tertiary/aromatic N) is 2. The molecule has 2 rings (SSSR count). The van der Waals surface area contributed by atoms with Crippen molar-refractivity contribution in [2.75, 3.05) is 13.6 Å². The van der Waals surface area contributed by atoms with Gasteiger partial charge in [-0.1, -0.05) is 30.3 Å². The number of aromatic nitrogens is 1. The summed E-state index contributed by atoms with van der Waals surface area (Å²) >= 11 is 1.42. The number of benzene rings is 1. The Morgan fingerprint density at radius 1 is 1.22 bits per heavy atom. The molecule has 0 unspecified atom stereocenters. The first-order chi connectivity index (χ1) is 10.8. The molecule has 1 heterocycles. The summed E-state index contributed by atoms with van der Waals surface area (Å²) in [6.07, 6.45) is 0. The van der Waals surface area contributed by atoms with Gasteiger partial charge in [0.25, 0.3) is 5.91 Å². The summed E-state index contributed by atoms with van der Waals surface area (Å²) < 4.78 is 0. The minimum Gasteiger partial charge on any atom is -0.350 e. The number of rotatable bonds is 4. The quantitative estimate of drug-likeness (QED) is 0.937. The van der Waals surface area contributed by atoms with Crippen molar-refractivity contribution in [2.24, 2.45) is 0 Å². The smallest absolute Gasteiger partial charge is 0.273 e. The van der Waals surface area contributed by atoms with Crippen LogP contribution < -0.4 is 5.32 Å². The minimum atomic E-state index is -0.317. The molecule has 5 nitrogen and oxygen atoms in total. The lowest BCUT2D eigenvalue weighted by Crippen LogP contribution is -2.46. The third-order valence-electron chi connectivity index (χ3n) is 2.99. The molecule has 1 aromatic carbocycles. The molecule has 0 aliphatic carbocycles. The van der Waals surface area contributed by atoms with Crippen LogP contribution in [-0.2, 0) is 4.79 Å². The normalized spacial score (nSPS) is 11.1. The fourth-order valence-corrected chi connectivity index (χ4v) is 2.83. The molecule has 2 amide bonds. The van der Waals surface area contributed by atoms with E-state index < -0.39 is 0 Å². The van der Waals surface area contributed by atoms with Gasteiger partial charge in [-0.25, -0.2) is 4.98 Å². The van der Waals surface area contributed by atoms with Crippen LogP contribution in [0.5, 0.6) is 0 Å². The highest BCUT2D eigenvalue weighted by atomic mass is 32.1. The molecule has 1 N–H and O–H groups in total. The van der Waals surface area contributed by atoms with Crippen LogP contribution in [0.4, 0.5) is 0 Å². The van der Waals surface area contributed by atoms with Crippen molar-refractivity contribution in [3.63, 3.8) is 0 Å². The molecular weight excluding hydrogens is 310 g/mol. The Bertz CT molecular complexity index is 689. The van der Waals surface area contributed by atoms with Gasteiger partial charge in [0.15, 0.2) is 0 Å². The zero-order valence-electron chi connectivity index (χ0n) is 13.8. The van der Waals surface area contributed by atoms with Crippen molar-refractivity contribution in [2.45, 2.75) is 26.3 Å². The predicted molar refractivity (Wildman–Crippen MR) is 92.4 cm³/mol. The minimum absolute atomic E-state index is 0.00823. The number of thiazole rings is 1. The van der Waals surface area contributed by atoms with E-state index in [4.69, 9.17) is 0 Å². The maximum atomic E-state index is 12.4. The third kappa shape index (κ3) is 4.89. The number of amides is 2. The van der Waals surface area contributed by atoms with Crippen molar-refractivity contribution in [1.82, 2.24) is 15.2 Å². The van der Waals surface area contributed by atoms with Crippen molar-refractivity contribution in [1.29, 1.82) is 0 Å². The standard InChI is InChI=1S/C17H21N3O2S/c1-17(2,3)19-14(21)10-20(4)16(22)13-11-23-15(18-13)12-8-6-5-7-9-12/h5-9,11H,10H2,1-4H3,(H,19,21). The Kier molecular flexibility index (Phi) is 5.15. The lowest BCUT2D eigenvalue weighted by molar-refractivity contribution is -0.122. The van der Waals surface area contributed by atoms with Crippen molar-refractivity contribution < 1.29 is 9.59 Å². The summed E-state index contributed by atoms with van der Waals surface area (Å²) in [6.45, 7) is 5.71. The fourth-order valence-electron chi connectivity index (χ4n) is 2.03. The van der Waals surface area contributed by atoms with Gasteiger partial charge in [0.2, 0.25) is 5.91 Å². The number of nitrogens with one attached hydrogen (secondary N) is 1. The highest BCUT2D eigenvalue weighted by molar-refractivity contribution is 7.13. The van der Waals surface area contributed by atoms with Crippen LogP contribution in [0.3, 0.4) is 0 Å². The topological polar surface area (TPSA) is 62.3 Å². The summed E-state index contributed by atoms with van der Waals surface area (Å²) in [6, 6.07) is 9.70. The molecule has 23 heavy (non-hydrogen) atoms. The van der Waals surface area contributed by atoms with Crippen LogP contribution in [0.2, 0.25) is 0 Å². The van der Waals surface area contributed by atoms with Crippen LogP contribution >= 0.6 is 11.3 Å². The average molecular weight is 331 g/mol. The Morgan fingerprint density at radius 2 is 1.87 bits per heavy atom. The monoisotopic (exact) mass is 331 g/mol. The Morgan fingerprint density at radius 3 is 2.48 bits per heavy atom. The molecule has 0 saturated heterocycles. The van der Waals surface area contributed by atoms with E-state index in [2.05, 4.69) is 10.3 Å². The van der Waals surface area contributed by atoms with Crippen molar-refractivity contribution in [3.05, 3.63) is 41.4 Å². The first-order valence-electron chi connectivity index (χ1n) is 7.34. The second-order valence-electron chi connectivity index (χ2n) is 6.36. The van der Waals surface area contributed by atoms with E-state index in [-0.39, 0.29) is 23.9 Å². The number of carbonyl (C=O) groups is 2. The molecule has 0 saturated carbocycles. The van der Waals surface area contributed by atoms with Gasteiger partial charge in [0, 0.05) is 23.5 Å². The van der Waals surface area contributed by atoms with Crippen LogP contribution in [0, 0.1) is 0 Å². The summed E-state index contributed by atoms with van der Waals surface area (Å²) in [5.74, 6) is -0.445. The third-order valence-corrected chi connectivity index (χ3v) is 3.88. The lowest BCUT2D eigenvalue weighted by Gasteiger charge is -2.23. The zero-order valence-corrected chi connectivity index (χ0v) is 14.6. The molecule has 2 aromatic rings. The van der Waals surface area contributed by atoms with Gasteiger partial charge in [-0.05, 0) is 20.8 Å². The second-order valence-corrected chi connectivity index (χ2v) is 7.22. The fraction of sp³-hybridized carbons (Fsp3) is 0.353. The molecule has 0 fully saturated rings. The second kappa shape index (κ2) is 6.91. The molecule has 6 heteroatoms. The van der Waals surface area contributed by atoms with E-state index in [1.165, 1.54) is 16.2 Å². The SMILES string of the molecule is CN(CC(=O)NC(C)(C)C)C(=O)c1csc(-c2ccccc2)n1. The molecule has 0 aliphatic heterocycles. The average Bonchev–Trinajstić information content (AvgIpc) is 2.95. The van der Waals surface area contributed by atoms with Crippen molar-refractivity contribution in [3.8, 4) is 10.6 Å². The Balaban J connectivity index is 2.03. The molecule has 0 radical (unpaired) electrons. The maximum Gasteiger partial charge on any atom is 0.273 e. The van der Waals surface area contributed by atoms with Gasteiger partial charge < -0.3 is 10.2 Å². The molecule has 0 bridgehead atoms. The number of hydrogen-bond donors (Lipinski definition) is 1. The number of carbonyl (C=O) groups excluding carboxylic acids is 2. The summed E-state index contributed by atoms with van der Waals surface area (Å²) in [5, 5.41) is 5.35. The van der Waals surface area contributed by atoms with Gasteiger partial charge in [-0.2, -0.15) is 0 Å². The molecular formula is C17H21N3O2S. The largest absolute Gasteiger partial charge is 0.350 e. The van der Waals surface area contributed by atoms with Gasteiger partial charge in [-0.3, -0.25) is 9.59 Å². The molecule has 122 valence electrons. The van der Waals surface area contributed by atoms with Gasteiger partial charge >= 0.3 is 0 Å². The van der Waals surface area contributed by atoms with Crippen LogP contribution in [0.15, 0.2) is 35.7 Å². The van der Waals surface area contributed by atoms with Crippen LogP contribution in [0.1, 0.15) is 31.3 Å². The van der Waals surface area contributed by atoms with E-state index in [0.717, 1.165) is 10.6 Å². The highest BCUT2D eigenvalue weighted by Crippen LogP contribution is 2.23. The van der Waals surface area contributed by atoms with E-state index in [9.17, 15) is 9.59 Å². The highest BCUT2D eigenvalue weighted by Gasteiger charge is 2.20. The van der Waals surface area contributed by atoms with Crippen molar-refractivity contribution >= 4 is 23.2 Å². The Labute approximate surface area is 140 Å². The van der Waals surface area contributed by atoms with Crippen LogP contribution in [-0.4, -0.2) is 40.8 Å². The maximum absolute atomic E-state index is 12.4. The Hall–Kier alpha value is -2.21. The predicted octanol–water partition coefficient (Wildman–Crippen LogP) is 2.80. The van der Waals surface area contributed by atoms with E-state index in [0.29, 0.717) is 5.69 Å². The molecule has 0 atom stereocenters. The molecule has 0 aliphatic rings. The van der Waals surface area contributed by atoms with E-state index >= 15 is 0 Å². The van der Waals surface area contributed by atoms with E-state index in [1.807, 2.05) is 51.1 Å². The molecule has 0 spiro atoms. The van der Waals surface area contributed by atoms with E-state index in [1.54, 1.807) is 12.4 Å².